The second-order valence-corrected chi connectivity index (χ2v) is 7.31. The Balaban J connectivity index is 1.68. The number of benzene rings is 2. The van der Waals surface area contributed by atoms with Crippen LogP contribution in [0.2, 0.25) is 0 Å². The van der Waals surface area contributed by atoms with Gasteiger partial charge in [-0.2, -0.15) is 0 Å². The van der Waals surface area contributed by atoms with E-state index in [1.807, 2.05) is 56.3 Å². The van der Waals surface area contributed by atoms with Crippen molar-refractivity contribution < 1.29 is 9.59 Å². The molecule has 2 aromatic carbocycles. The minimum atomic E-state index is -0.208. The van der Waals surface area contributed by atoms with Gasteiger partial charge in [-0.3, -0.25) is 14.6 Å². The molecule has 0 saturated heterocycles. The highest BCUT2D eigenvalue weighted by atomic mass is 16.2. The number of hydrogen-bond acceptors (Lipinski definition) is 3. The first-order valence-corrected chi connectivity index (χ1v) is 9.38. The Hall–Kier alpha value is -2.95. The molecule has 1 heterocycles. The van der Waals surface area contributed by atoms with Crippen molar-refractivity contribution in [1.82, 2.24) is 0 Å². The van der Waals surface area contributed by atoms with Gasteiger partial charge in [0.05, 0.1) is 17.3 Å². The molecule has 2 aromatic rings. The molecular weight excluding hydrogens is 338 g/mol. The zero-order chi connectivity index (χ0) is 19.0. The number of aryl methyl sites for hydroxylation is 2. The standard InChI is InChI=1S/C22H23N3O2/c1-14-11-19-20(12-15(14)2)25(22(27)17-9-6-10-18(17)24-19)13-21(26)23-16-7-4-3-5-8-16/h3-5,7-8,11-12,17H,6,9-10,13H2,1-2H3,(H,23,26)/t17-/m0/s1. The van der Waals surface area contributed by atoms with Crippen molar-refractivity contribution in [3.05, 3.63) is 53.6 Å². The summed E-state index contributed by atoms with van der Waals surface area (Å²) in [5.74, 6) is -0.431. The Morgan fingerprint density at radius 2 is 1.93 bits per heavy atom. The molecule has 2 amide bonds. The largest absolute Gasteiger partial charge is 0.325 e. The number of rotatable bonds is 3. The van der Waals surface area contributed by atoms with Crippen molar-refractivity contribution in [1.29, 1.82) is 0 Å². The number of fused-ring (bicyclic) bond motifs is 2. The molecular formula is C22H23N3O2. The van der Waals surface area contributed by atoms with Gasteiger partial charge >= 0.3 is 0 Å². The molecule has 0 aromatic heterocycles. The van der Waals surface area contributed by atoms with E-state index in [4.69, 9.17) is 4.99 Å². The maximum absolute atomic E-state index is 13.2. The van der Waals surface area contributed by atoms with E-state index < -0.39 is 0 Å². The normalized spacial score (nSPS) is 18.4. The maximum Gasteiger partial charge on any atom is 0.244 e. The SMILES string of the molecule is Cc1cc2c(cc1C)N(CC(=O)Nc1ccccc1)C(=O)[C@H]1CCCC1=N2. The Bertz CT molecular complexity index is 934. The van der Waals surface area contributed by atoms with Crippen LogP contribution in [0.1, 0.15) is 30.4 Å². The lowest BCUT2D eigenvalue weighted by molar-refractivity contribution is -0.122. The minimum Gasteiger partial charge on any atom is -0.325 e. The minimum absolute atomic E-state index is 0.0114. The van der Waals surface area contributed by atoms with Crippen molar-refractivity contribution >= 4 is 34.6 Å². The first-order chi connectivity index (χ1) is 13.0. The third kappa shape index (κ3) is 3.37. The number of amides is 2. The van der Waals surface area contributed by atoms with Gasteiger partial charge in [-0.15, -0.1) is 0 Å². The summed E-state index contributed by atoms with van der Waals surface area (Å²) in [5, 5.41) is 2.88. The number of hydrogen-bond donors (Lipinski definition) is 1. The second-order valence-electron chi connectivity index (χ2n) is 7.31. The van der Waals surface area contributed by atoms with Crippen LogP contribution in [0.25, 0.3) is 0 Å². The first kappa shape index (κ1) is 17.5. The van der Waals surface area contributed by atoms with Crippen molar-refractivity contribution in [3.8, 4) is 0 Å². The van der Waals surface area contributed by atoms with Gasteiger partial charge in [0.2, 0.25) is 11.8 Å². The van der Waals surface area contributed by atoms with Crippen LogP contribution < -0.4 is 10.2 Å². The molecule has 1 aliphatic carbocycles. The lowest BCUT2D eigenvalue weighted by Crippen LogP contribution is -2.41. The zero-order valence-corrected chi connectivity index (χ0v) is 15.7. The van der Waals surface area contributed by atoms with Crippen LogP contribution >= 0.6 is 0 Å². The van der Waals surface area contributed by atoms with Gasteiger partial charge in [0.15, 0.2) is 0 Å². The number of carbonyl (C=O) groups is 2. The number of aliphatic imine (C=N–C) groups is 1. The summed E-state index contributed by atoms with van der Waals surface area (Å²) in [4.78, 5) is 32.3. The van der Waals surface area contributed by atoms with Crippen LogP contribution in [0.5, 0.6) is 0 Å². The van der Waals surface area contributed by atoms with E-state index in [2.05, 4.69) is 5.32 Å². The van der Waals surface area contributed by atoms with E-state index in [-0.39, 0.29) is 24.3 Å². The zero-order valence-electron chi connectivity index (χ0n) is 15.7. The lowest BCUT2D eigenvalue weighted by Gasteiger charge is -2.25. The van der Waals surface area contributed by atoms with E-state index >= 15 is 0 Å². The van der Waals surface area contributed by atoms with Gasteiger partial charge in [-0.1, -0.05) is 18.2 Å². The summed E-state index contributed by atoms with van der Waals surface area (Å²) in [6, 6.07) is 13.3. The Morgan fingerprint density at radius 3 is 2.70 bits per heavy atom. The first-order valence-electron chi connectivity index (χ1n) is 9.38. The van der Waals surface area contributed by atoms with Crippen LogP contribution in [-0.4, -0.2) is 24.1 Å². The van der Waals surface area contributed by atoms with E-state index in [0.717, 1.165) is 53.2 Å². The Morgan fingerprint density at radius 1 is 1.19 bits per heavy atom. The molecule has 4 rings (SSSR count). The highest BCUT2D eigenvalue weighted by Gasteiger charge is 2.37. The molecule has 5 heteroatoms. The molecule has 138 valence electrons. The lowest BCUT2D eigenvalue weighted by atomic mass is 10.0. The predicted molar refractivity (Wildman–Crippen MR) is 108 cm³/mol. The van der Waals surface area contributed by atoms with Crippen molar-refractivity contribution in [2.24, 2.45) is 10.9 Å². The third-order valence-electron chi connectivity index (χ3n) is 5.40. The van der Waals surface area contributed by atoms with Crippen molar-refractivity contribution in [2.45, 2.75) is 33.1 Å². The Labute approximate surface area is 159 Å². The highest BCUT2D eigenvalue weighted by Crippen LogP contribution is 2.39. The monoisotopic (exact) mass is 361 g/mol. The second kappa shape index (κ2) is 6.99. The molecule has 0 unspecified atom stereocenters. The fourth-order valence-corrected chi connectivity index (χ4v) is 3.81. The molecule has 0 radical (unpaired) electrons. The molecule has 1 atom stereocenters. The van der Waals surface area contributed by atoms with Crippen LogP contribution in [0, 0.1) is 19.8 Å². The van der Waals surface area contributed by atoms with Crippen LogP contribution in [-0.2, 0) is 9.59 Å². The quantitative estimate of drug-likeness (QED) is 0.892. The smallest absolute Gasteiger partial charge is 0.244 e. The summed E-state index contributed by atoms with van der Waals surface area (Å²) in [6.45, 7) is 4.05. The van der Waals surface area contributed by atoms with Gasteiger partial charge < -0.3 is 10.2 Å². The van der Waals surface area contributed by atoms with Gasteiger partial charge in [-0.05, 0) is 68.5 Å². The molecule has 0 bridgehead atoms. The summed E-state index contributed by atoms with van der Waals surface area (Å²) in [5.41, 5.74) is 5.42. The molecule has 0 spiro atoms. The van der Waals surface area contributed by atoms with Crippen molar-refractivity contribution in [3.63, 3.8) is 0 Å². The van der Waals surface area contributed by atoms with Crippen LogP contribution in [0.15, 0.2) is 47.5 Å². The molecule has 1 N–H and O–H groups in total. The van der Waals surface area contributed by atoms with Gasteiger partial charge in [0.25, 0.3) is 0 Å². The number of anilines is 2. The van der Waals surface area contributed by atoms with Gasteiger partial charge in [0.1, 0.15) is 6.54 Å². The maximum atomic E-state index is 13.2. The summed E-state index contributed by atoms with van der Waals surface area (Å²) in [6.07, 6.45) is 2.63. The molecule has 1 fully saturated rings. The van der Waals surface area contributed by atoms with E-state index in [9.17, 15) is 9.59 Å². The van der Waals surface area contributed by atoms with Gasteiger partial charge in [0, 0.05) is 11.4 Å². The Kier molecular flexibility index (Phi) is 4.52. The fraction of sp³-hybridized carbons (Fsp3) is 0.318. The topological polar surface area (TPSA) is 61.8 Å². The fourth-order valence-electron chi connectivity index (χ4n) is 3.81. The van der Waals surface area contributed by atoms with Crippen molar-refractivity contribution in [2.75, 3.05) is 16.8 Å². The van der Waals surface area contributed by atoms with E-state index in [1.165, 1.54) is 0 Å². The van der Waals surface area contributed by atoms with Crippen LogP contribution in [0.4, 0.5) is 17.1 Å². The average Bonchev–Trinajstić information content (AvgIpc) is 3.08. The molecule has 27 heavy (non-hydrogen) atoms. The van der Waals surface area contributed by atoms with E-state index in [1.54, 1.807) is 4.90 Å². The molecule has 1 aliphatic heterocycles. The number of nitrogens with zero attached hydrogens (tertiary/aromatic N) is 2. The molecule has 1 saturated carbocycles. The summed E-state index contributed by atoms with van der Waals surface area (Å²) < 4.78 is 0. The van der Waals surface area contributed by atoms with Crippen LogP contribution in [0.3, 0.4) is 0 Å². The average molecular weight is 361 g/mol. The third-order valence-corrected chi connectivity index (χ3v) is 5.40. The van der Waals surface area contributed by atoms with E-state index in [0.29, 0.717) is 0 Å². The summed E-state index contributed by atoms with van der Waals surface area (Å²) >= 11 is 0. The summed E-state index contributed by atoms with van der Waals surface area (Å²) in [7, 11) is 0. The van der Waals surface area contributed by atoms with Gasteiger partial charge in [-0.25, -0.2) is 0 Å². The number of para-hydroxylation sites is 1. The molecule has 5 nitrogen and oxygen atoms in total. The number of carbonyl (C=O) groups excluding carboxylic acids is 2. The highest BCUT2D eigenvalue weighted by molar-refractivity contribution is 6.16. The number of nitrogens with one attached hydrogen (secondary N) is 1. The molecule has 2 aliphatic rings. The predicted octanol–water partition coefficient (Wildman–Crippen LogP) is 4.16.